The number of benzene rings is 3. The van der Waals surface area contributed by atoms with Crippen molar-refractivity contribution < 1.29 is 9.90 Å². The van der Waals surface area contributed by atoms with Crippen LogP contribution in [-0.2, 0) is 0 Å². The predicted octanol–water partition coefficient (Wildman–Crippen LogP) is 4.81. The molecule has 0 aliphatic rings. The molecule has 4 aromatic rings. The summed E-state index contributed by atoms with van der Waals surface area (Å²) in [5.41, 5.74) is 1.86. The molecule has 1 heterocycles. The van der Waals surface area contributed by atoms with Gasteiger partial charge in [0.1, 0.15) is 5.01 Å². The number of carboxylic acid groups (broad SMARTS) is 1. The number of fused-ring (bicyclic) bond motifs is 2. The van der Waals surface area contributed by atoms with E-state index in [-0.39, 0.29) is 5.56 Å². The van der Waals surface area contributed by atoms with Gasteiger partial charge in [0.15, 0.2) is 0 Å². The lowest BCUT2D eigenvalue weighted by atomic mass is 10.0. The lowest BCUT2D eigenvalue weighted by Gasteiger charge is -2.06. The molecule has 0 bridgehead atoms. The van der Waals surface area contributed by atoms with Crippen molar-refractivity contribution in [2.75, 3.05) is 0 Å². The van der Waals surface area contributed by atoms with E-state index in [2.05, 4.69) is 4.98 Å². The number of hydrogen-bond donors (Lipinski definition) is 1. The number of nitrogens with zero attached hydrogens (tertiary/aromatic N) is 1. The molecular weight excluding hydrogens is 294 g/mol. The van der Waals surface area contributed by atoms with E-state index in [9.17, 15) is 9.90 Å². The highest BCUT2D eigenvalue weighted by Crippen LogP contribution is 2.34. The molecule has 0 atom stereocenters. The average Bonchev–Trinajstić information content (AvgIpc) is 2.97. The van der Waals surface area contributed by atoms with E-state index in [4.69, 9.17) is 0 Å². The second-order valence-electron chi connectivity index (χ2n) is 5.04. The fraction of sp³-hybridized carbons (Fsp3) is 0. The van der Waals surface area contributed by atoms with Gasteiger partial charge < -0.3 is 5.11 Å². The van der Waals surface area contributed by atoms with Gasteiger partial charge in [0.25, 0.3) is 0 Å². The Labute approximate surface area is 130 Å². The number of hydrogen-bond acceptors (Lipinski definition) is 3. The van der Waals surface area contributed by atoms with Crippen molar-refractivity contribution in [1.29, 1.82) is 0 Å². The monoisotopic (exact) mass is 305 g/mol. The Morgan fingerprint density at radius 2 is 1.64 bits per heavy atom. The van der Waals surface area contributed by atoms with Gasteiger partial charge in [-0.3, -0.25) is 0 Å². The van der Waals surface area contributed by atoms with Crippen LogP contribution in [0.25, 0.3) is 31.6 Å². The number of para-hydroxylation sites is 1. The van der Waals surface area contributed by atoms with Gasteiger partial charge in [-0.2, -0.15) is 0 Å². The fourth-order valence-electron chi connectivity index (χ4n) is 2.58. The molecule has 22 heavy (non-hydrogen) atoms. The Morgan fingerprint density at radius 1 is 0.955 bits per heavy atom. The maximum Gasteiger partial charge on any atom is 0.336 e. The van der Waals surface area contributed by atoms with Gasteiger partial charge in [-0.15, -0.1) is 11.3 Å². The Balaban J connectivity index is 2.03. The zero-order chi connectivity index (χ0) is 15.1. The first-order chi connectivity index (χ1) is 10.7. The van der Waals surface area contributed by atoms with Gasteiger partial charge in [-0.1, -0.05) is 36.4 Å². The Morgan fingerprint density at radius 3 is 2.36 bits per heavy atom. The molecule has 0 saturated carbocycles. The van der Waals surface area contributed by atoms with Crippen molar-refractivity contribution in [1.82, 2.24) is 4.98 Å². The van der Waals surface area contributed by atoms with Crippen LogP contribution in [0.15, 0.2) is 60.7 Å². The first-order valence-corrected chi connectivity index (χ1v) is 7.66. The first kappa shape index (κ1) is 13.0. The van der Waals surface area contributed by atoms with Gasteiger partial charge >= 0.3 is 5.97 Å². The molecule has 4 rings (SSSR count). The van der Waals surface area contributed by atoms with Crippen LogP contribution in [-0.4, -0.2) is 16.1 Å². The highest BCUT2D eigenvalue weighted by Gasteiger charge is 2.16. The van der Waals surface area contributed by atoms with Crippen LogP contribution in [0.2, 0.25) is 0 Å². The molecule has 0 saturated heterocycles. The second kappa shape index (κ2) is 4.93. The van der Waals surface area contributed by atoms with Gasteiger partial charge in [-0.05, 0) is 35.0 Å². The number of aromatic nitrogens is 1. The third-order valence-electron chi connectivity index (χ3n) is 3.64. The van der Waals surface area contributed by atoms with Crippen molar-refractivity contribution in [2.45, 2.75) is 0 Å². The maximum absolute atomic E-state index is 11.6. The standard InChI is InChI=1S/C18H11NO2S/c20-18(21)14-10-12-6-2-1-5-11(12)9-13(14)17-19-15-7-3-4-8-16(15)22-17/h1-10H,(H,20,21). The van der Waals surface area contributed by atoms with Gasteiger partial charge in [-0.25, -0.2) is 9.78 Å². The molecule has 0 spiro atoms. The van der Waals surface area contributed by atoms with Crippen LogP contribution < -0.4 is 0 Å². The molecular formula is C18H11NO2S. The number of aromatic carboxylic acids is 1. The van der Waals surface area contributed by atoms with Gasteiger partial charge in [0.2, 0.25) is 0 Å². The summed E-state index contributed by atoms with van der Waals surface area (Å²) in [6.45, 7) is 0. The molecule has 0 radical (unpaired) electrons. The summed E-state index contributed by atoms with van der Waals surface area (Å²) in [4.78, 5) is 16.2. The van der Waals surface area contributed by atoms with E-state index in [1.54, 1.807) is 6.07 Å². The van der Waals surface area contributed by atoms with E-state index in [1.165, 1.54) is 11.3 Å². The highest BCUT2D eigenvalue weighted by molar-refractivity contribution is 7.21. The van der Waals surface area contributed by atoms with Crippen LogP contribution in [0.4, 0.5) is 0 Å². The zero-order valence-electron chi connectivity index (χ0n) is 11.5. The normalized spacial score (nSPS) is 11.1. The summed E-state index contributed by atoms with van der Waals surface area (Å²) in [5.74, 6) is -0.931. The second-order valence-corrected chi connectivity index (χ2v) is 6.07. The Hall–Kier alpha value is -2.72. The fourth-order valence-corrected chi connectivity index (χ4v) is 3.58. The minimum Gasteiger partial charge on any atom is -0.478 e. The smallest absolute Gasteiger partial charge is 0.336 e. The lowest BCUT2D eigenvalue weighted by Crippen LogP contribution is -1.99. The van der Waals surface area contributed by atoms with Crippen molar-refractivity contribution in [3.8, 4) is 10.6 Å². The summed E-state index contributed by atoms with van der Waals surface area (Å²) in [6, 6.07) is 19.2. The Kier molecular flexibility index (Phi) is 2.91. The van der Waals surface area contributed by atoms with Crippen molar-refractivity contribution in [3.63, 3.8) is 0 Å². The van der Waals surface area contributed by atoms with E-state index in [1.807, 2.05) is 54.6 Å². The van der Waals surface area contributed by atoms with Gasteiger partial charge in [0.05, 0.1) is 15.8 Å². The third-order valence-corrected chi connectivity index (χ3v) is 4.71. The zero-order valence-corrected chi connectivity index (χ0v) is 12.3. The van der Waals surface area contributed by atoms with Crippen LogP contribution in [0.3, 0.4) is 0 Å². The summed E-state index contributed by atoms with van der Waals surface area (Å²) >= 11 is 1.52. The summed E-state index contributed by atoms with van der Waals surface area (Å²) in [6.07, 6.45) is 0. The minimum atomic E-state index is -0.931. The van der Waals surface area contributed by atoms with E-state index in [0.29, 0.717) is 5.56 Å². The highest BCUT2D eigenvalue weighted by atomic mass is 32.1. The topological polar surface area (TPSA) is 50.2 Å². The molecule has 0 amide bonds. The number of rotatable bonds is 2. The lowest BCUT2D eigenvalue weighted by molar-refractivity contribution is 0.0698. The summed E-state index contributed by atoms with van der Waals surface area (Å²) in [7, 11) is 0. The van der Waals surface area contributed by atoms with Crippen LogP contribution in [0, 0.1) is 0 Å². The molecule has 0 unspecified atom stereocenters. The van der Waals surface area contributed by atoms with Crippen molar-refractivity contribution in [3.05, 3.63) is 66.2 Å². The molecule has 3 nitrogen and oxygen atoms in total. The molecule has 3 aromatic carbocycles. The van der Waals surface area contributed by atoms with E-state index < -0.39 is 5.97 Å². The quantitative estimate of drug-likeness (QED) is 0.578. The average molecular weight is 305 g/mol. The molecule has 4 heteroatoms. The van der Waals surface area contributed by atoms with Crippen LogP contribution in [0.1, 0.15) is 10.4 Å². The minimum absolute atomic E-state index is 0.290. The van der Waals surface area contributed by atoms with Crippen molar-refractivity contribution >= 4 is 38.3 Å². The predicted molar refractivity (Wildman–Crippen MR) is 89.5 cm³/mol. The molecule has 0 fully saturated rings. The van der Waals surface area contributed by atoms with E-state index >= 15 is 0 Å². The molecule has 0 aliphatic heterocycles. The third kappa shape index (κ3) is 2.05. The van der Waals surface area contributed by atoms with E-state index in [0.717, 1.165) is 26.0 Å². The SMILES string of the molecule is O=C(O)c1cc2ccccc2cc1-c1nc2ccccc2s1. The number of carbonyl (C=O) groups is 1. The largest absolute Gasteiger partial charge is 0.478 e. The summed E-state index contributed by atoms with van der Waals surface area (Å²) in [5, 5.41) is 12.2. The summed E-state index contributed by atoms with van der Waals surface area (Å²) < 4.78 is 1.06. The van der Waals surface area contributed by atoms with Crippen LogP contribution >= 0.6 is 11.3 Å². The molecule has 1 aromatic heterocycles. The van der Waals surface area contributed by atoms with Crippen LogP contribution in [0.5, 0.6) is 0 Å². The molecule has 0 aliphatic carbocycles. The molecule has 106 valence electrons. The Bertz CT molecular complexity index is 987. The van der Waals surface area contributed by atoms with Crippen molar-refractivity contribution in [2.24, 2.45) is 0 Å². The maximum atomic E-state index is 11.6. The number of thiazole rings is 1. The first-order valence-electron chi connectivity index (χ1n) is 6.84. The van der Waals surface area contributed by atoms with Gasteiger partial charge in [0, 0.05) is 5.56 Å². The number of carboxylic acids is 1. The molecule has 1 N–H and O–H groups in total.